The molecule has 0 amide bonds. The maximum Gasteiger partial charge on any atom is 0.106 e. The highest BCUT2D eigenvalue weighted by Gasteiger charge is 2.11. The Balaban J connectivity index is 3.16. The van der Waals surface area contributed by atoms with Crippen molar-refractivity contribution in [2.24, 2.45) is 5.73 Å². The molecule has 4 heteroatoms. The largest absolute Gasteiger partial charge is 0.389 e. The van der Waals surface area contributed by atoms with Crippen molar-refractivity contribution >= 4 is 34.5 Å². The number of anilines is 1. The molecule has 0 fully saturated rings. The van der Waals surface area contributed by atoms with Crippen LogP contribution in [0.1, 0.15) is 25.8 Å². The van der Waals surface area contributed by atoms with Gasteiger partial charge >= 0.3 is 0 Å². The summed E-state index contributed by atoms with van der Waals surface area (Å²) in [6, 6.07) is 5.63. The van der Waals surface area contributed by atoms with E-state index in [0.717, 1.165) is 30.8 Å². The zero-order chi connectivity index (χ0) is 12.1. The lowest BCUT2D eigenvalue weighted by Gasteiger charge is -2.25. The third kappa shape index (κ3) is 3.09. The van der Waals surface area contributed by atoms with Gasteiger partial charge in [-0.1, -0.05) is 30.7 Å². The van der Waals surface area contributed by atoms with Gasteiger partial charge < -0.3 is 10.6 Å². The fourth-order valence-corrected chi connectivity index (χ4v) is 2.03. The lowest BCUT2D eigenvalue weighted by atomic mass is 10.1. The second-order valence-electron chi connectivity index (χ2n) is 3.61. The van der Waals surface area contributed by atoms with Gasteiger partial charge in [0.2, 0.25) is 0 Å². The van der Waals surface area contributed by atoms with Crippen LogP contribution in [0.3, 0.4) is 0 Å². The van der Waals surface area contributed by atoms with Crippen molar-refractivity contribution < 1.29 is 0 Å². The predicted octanol–water partition coefficient (Wildman–Crippen LogP) is 3.21. The van der Waals surface area contributed by atoms with Gasteiger partial charge in [-0.25, -0.2) is 0 Å². The molecular weight excluding hydrogens is 240 g/mol. The van der Waals surface area contributed by atoms with Crippen LogP contribution in [0.2, 0.25) is 5.02 Å². The number of nitrogens with two attached hydrogens (primary N) is 1. The van der Waals surface area contributed by atoms with Gasteiger partial charge in [0.25, 0.3) is 0 Å². The Morgan fingerprint density at radius 1 is 1.44 bits per heavy atom. The van der Waals surface area contributed by atoms with E-state index < -0.39 is 0 Å². The van der Waals surface area contributed by atoms with Crippen molar-refractivity contribution in [3.63, 3.8) is 0 Å². The first-order valence-electron chi connectivity index (χ1n) is 5.44. The molecule has 1 aromatic rings. The lowest BCUT2D eigenvalue weighted by molar-refractivity contribution is 0.791. The summed E-state index contributed by atoms with van der Waals surface area (Å²) < 4.78 is 0. The van der Waals surface area contributed by atoms with E-state index in [9.17, 15) is 0 Å². The SMILES string of the molecule is CCCN(CC)c1cc(Cl)ccc1C(N)=S. The van der Waals surface area contributed by atoms with Gasteiger partial charge in [-0.2, -0.15) is 0 Å². The molecule has 0 aliphatic carbocycles. The second-order valence-corrected chi connectivity index (χ2v) is 4.48. The van der Waals surface area contributed by atoms with E-state index in [-0.39, 0.29) is 0 Å². The number of nitrogens with zero attached hydrogens (tertiary/aromatic N) is 1. The molecule has 1 aromatic carbocycles. The minimum Gasteiger partial charge on any atom is -0.389 e. The molecule has 0 aromatic heterocycles. The summed E-state index contributed by atoms with van der Waals surface area (Å²) in [5.41, 5.74) is 7.64. The molecule has 2 nitrogen and oxygen atoms in total. The van der Waals surface area contributed by atoms with Crippen LogP contribution in [-0.2, 0) is 0 Å². The van der Waals surface area contributed by atoms with Crippen molar-refractivity contribution in [2.45, 2.75) is 20.3 Å². The highest BCUT2D eigenvalue weighted by Crippen LogP contribution is 2.25. The highest BCUT2D eigenvalue weighted by atomic mass is 35.5. The number of rotatable bonds is 5. The summed E-state index contributed by atoms with van der Waals surface area (Å²) in [5.74, 6) is 0. The van der Waals surface area contributed by atoms with E-state index in [1.165, 1.54) is 0 Å². The highest BCUT2D eigenvalue weighted by molar-refractivity contribution is 7.80. The summed E-state index contributed by atoms with van der Waals surface area (Å²) >= 11 is 11.1. The van der Waals surface area contributed by atoms with Gasteiger partial charge in [0.05, 0.1) is 0 Å². The topological polar surface area (TPSA) is 29.3 Å². The molecule has 1 rings (SSSR count). The zero-order valence-electron chi connectivity index (χ0n) is 9.66. The van der Waals surface area contributed by atoms with Crippen LogP contribution < -0.4 is 10.6 Å². The van der Waals surface area contributed by atoms with Gasteiger partial charge in [0.15, 0.2) is 0 Å². The molecule has 0 spiro atoms. The standard InChI is InChI=1S/C12H17ClN2S/c1-3-7-15(4-2)11-8-9(13)5-6-10(11)12(14)16/h5-6,8H,3-4,7H2,1-2H3,(H2,14,16). The quantitative estimate of drug-likeness (QED) is 0.821. The summed E-state index contributed by atoms with van der Waals surface area (Å²) in [4.78, 5) is 2.65. The fraction of sp³-hybridized carbons (Fsp3) is 0.417. The van der Waals surface area contributed by atoms with Crippen molar-refractivity contribution in [3.05, 3.63) is 28.8 Å². The Bertz CT molecular complexity index is 379. The molecule has 0 atom stereocenters. The Morgan fingerprint density at radius 3 is 2.62 bits per heavy atom. The van der Waals surface area contributed by atoms with E-state index in [1.54, 1.807) is 0 Å². The van der Waals surface area contributed by atoms with E-state index in [2.05, 4.69) is 18.7 Å². The molecule has 0 heterocycles. The maximum atomic E-state index is 6.01. The summed E-state index contributed by atoms with van der Waals surface area (Å²) in [6.45, 7) is 6.16. The smallest absolute Gasteiger partial charge is 0.106 e. The molecule has 0 aliphatic rings. The molecule has 0 radical (unpaired) electrons. The van der Waals surface area contributed by atoms with Gasteiger partial charge in [-0.3, -0.25) is 0 Å². The molecule has 0 aliphatic heterocycles. The van der Waals surface area contributed by atoms with Crippen molar-refractivity contribution in [1.29, 1.82) is 0 Å². The van der Waals surface area contributed by atoms with Gasteiger partial charge in [0.1, 0.15) is 4.99 Å². The Kier molecular flexibility index (Phi) is 5.03. The monoisotopic (exact) mass is 256 g/mol. The molecule has 0 bridgehead atoms. The van der Waals surface area contributed by atoms with Gasteiger partial charge in [-0.15, -0.1) is 0 Å². The van der Waals surface area contributed by atoms with E-state index in [0.29, 0.717) is 10.0 Å². The molecular formula is C12H17ClN2S. The third-order valence-corrected chi connectivity index (χ3v) is 2.90. The van der Waals surface area contributed by atoms with Gasteiger partial charge in [-0.05, 0) is 31.5 Å². The lowest BCUT2D eigenvalue weighted by Crippen LogP contribution is -2.26. The Labute approximate surface area is 107 Å². The summed E-state index contributed by atoms with van der Waals surface area (Å²) in [7, 11) is 0. The number of hydrogen-bond acceptors (Lipinski definition) is 2. The van der Waals surface area contributed by atoms with Crippen LogP contribution >= 0.6 is 23.8 Å². The molecule has 0 saturated heterocycles. The van der Waals surface area contributed by atoms with Crippen LogP contribution in [0.25, 0.3) is 0 Å². The second kappa shape index (κ2) is 6.06. The zero-order valence-corrected chi connectivity index (χ0v) is 11.2. The van der Waals surface area contributed by atoms with E-state index >= 15 is 0 Å². The third-order valence-electron chi connectivity index (χ3n) is 2.44. The van der Waals surface area contributed by atoms with Crippen molar-refractivity contribution in [2.75, 3.05) is 18.0 Å². The Hall–Kier alpha value is -0.800. The minimum atomic E-state index is 0.418. The maximum absolute atomic E-state index is 6.01. The molecule has 88 valence electrons. The average Bonchev–Trinajstić information content (AvgIpc) is 2.25. The number of hydrogen-bond donors (Lipinski definition) is 1. The van der Waals surface area contributed by atoms with Crippen LogP contribution in [0.15, 0.2) is 18.2 Å². The average molecular weight is 257 g/mol. The molecule has 2 N–H and O–H groups in total. The first-order valence-corrected chi connectivity index (χ1v) is 6.23. The predicted molar refractivity (Wildman–Crippen MR) is 75.5 cm³/mol. The normalized spacial score (nSPS) is 10.2. The molecule has 0 unspecified atom stereocenters. The van der Waals surface area contributed by atoms with Crippen LogP contribution in [0.5, 0.6) is 0 Å². The van der Waals surface area contributed by atoms with Gasteiger partial charge in [0, 0.05) is 29.4 Å². The number of thiocarbonyl (C=S) groups is 1. The van der Waals surface area contributed by atoms with Crippen LogP contribution in [0.4, 0.5) is 5.69 Å². The van der Waals surface area contributed by atoms with Crippen LogP contribution in [-0.4, -0.2) is 18.1 Å². The molecule has 16 heavy (non-hydrogen) atoms. The number of halogens is 1. The van der Waals surface area contributed by atoms with Crippen LogP contribution in [0, 0.1) is 0 Å². The minimum absolute atomic E-state index is 0.418. The first kappa shape index (κ1) is 13.3. The Morgan fingerprint density at radius 2 is 2.12 bits per heavy atom. The van der Waals surface area contributed by atoms with Crippen molar-refractivity contribution in [1.82, 2.24) is 0 Å². The van der Waals surface area contributed by atoms with E-state index in [1.807, 2.05) is 18.2 Å². The summed E-state index contributed by atoms with van der Waals surface area (Å²) in [6.07, 6.45) is 1.08. The van der Waals surface area contributed by atoms with Crippen molar-refractivity contribution in [3.8, 4) is 0 Å². The summed E-state index contributed by atoms with van der Waals surface area (Å²) in [5, 5.41) is 0.713. The molecule has 0 saturated carbocycles. The number of benzene rings is 1. The van der Waals surface area contributed by atoms with E-state index in [4.69, 9.17) is 29.6 Å². The fourth-order valence-electron chi connectivity index (χ4n) is 1.69. The first-order chi connectivity index (χ1) is 7.60.